The zero-order valence-electron chi connectivity index (χ0n) is 12.8. The smallest absolute Gasteiger partial charge is 0.118 e. The van der Waals surface area contributed by atoms with Gasteiger partial charge in [-0.1, -0.05) is 6.07 Å². The average Bonchev–Trinajstić information content (AvgIpc) is 2.57. The molecule has 26 heavy (non-hydrogen) atoms. The molecular formula is C14H14N2O9Tb. The third kappa shape index (κ3) is 7.02. The Morgan fingerprint density at radius 3 is 1.12 bits per heavy atom. The summed E-state index contributed by atoms with van der Waals surface area (Å²) in [5.74, 6) is 0.259. The van der Waals surface area contributed by atoms with Gasteiger partial charge >= 0.3 is 78.0 Å². The second-order valence-corrected chi connectivity index (χ2v) is 10.5. The van der Waals surface area contributed by atoms with Crippen molar-refractivity contribution in [2.24, 2.45) is 0 Å². The molecule has 0 spiro atoms. The predicted octanol–water partition coefficient (Wildman–Crippen LogP) is 2.72. The Kier molecular flexibility index (Phi) is 10.5. The molecule has 143 valence electrons. The van der Waals surface area contributed by atoms with Crippen molar-refractivity contribution in [3.8, 4) is 5.75 Å². The van der Waals surface area contributed by atoms with Gasteiger partial charge in [0.25, 0.3) is 0 Å². The van der Waals surface area contributed by atoms with Gasteiger partial charge in [-0.05, 0) is 24.3 Å². The summed E-state index contributed by atoms with van der Waals surface area (Å²) < 4.78 is -9.08. The van der Waals surface area contributed by atoms with Crippen molar-refractivity contribution < 1.29 is 75.4 Å². The van der Waals surface area contributed by atoms with E-state index < -0.39 is 38.4 Å². The van der Waals surface area contributed by atoms with Gasteiger partial charge in [-0.3, -0.25) is 9.97 Å². The van der Waals surface area contributed by atoms with Crippen LogP contribution in [0.4, 0.5) is 19.2 Å². The van der Waals surface area contributed by atoms with Crippen LogP contribution in [-0.2, 0) is 0 Å². The normalized spacial score (nSPS) is 10.0. The molecule has 2 aromatic rings. The third-order valence-electron chi connectivity index (χ3n) is 2.08. The van der Waals surface area contributed by atoms with Crippen LogP contribution < -0.4 is 0 Å². The quantitative estimate of drug-likeness (QED) is 0.403. The third-order valence-corrected chi connectivity index (χ3v) is 7.57. The van der Waals surface area contributed by atoms with E-state index in [1.165, 1.54) is 24.5 Å². The van der Waals surface area contributed by atoms with Crippen molar-refractivity contribution in [3.63, 3.8) is 0 Å². The van der Waals surface area contributed by atoms with Crippen LogP contribution in [0.15, 0.2) is 55.1 Å². The van der Waals surface area contributed by atoms with Crippen molar-refractivity contribution in [3.05, 3.63) is 55.1 Å². The number of carboxylic acid groups (broad SMARTS) is 4. The van der Waals surface area contributed by atoms with E-state index in [4.69, 9.17) is 25.5 Å². The summed E-state index contributed by atoms with van der Waals surface area (Å²) in [5, 5.41) is 41.7. The van der Waals surface area contributed by atoms with Gasteiger partial charge in [-0.25, -0.2) is 0 Å². The molecule has 5 N–H and O–H groups in total. The number of carbonyl (C=O) groups is 4. The number of pyridine rings is 2. The maximum absolute atomic E-state index is 10.3. The Hall–Kier alpha value is -2.73. The fourth-order valence-corrected chi connectivity index (χ4v) is 3.37. The van der Waals surface area contributed by atoms with Crippen LogP contribution in [0.1, 0.15) is 0 Å². The molecule has 0 aliphatic rings. The average molecular weight is 513 g/mol. The molecule has 0 bridgehead atoms. The molecule has 2 aromatic heterocycles. The molecular weight excluding hydrogens is 499 g/mol. The van der Waals surface area contributed by atoms with E-state index in [9.17, 15) is 19.2 Å². The first-order valence-electron chi connectivity index (χ1n) is 6.21. The maximum Gasteiger partial charge on any atom is 0.118 e. The molecule has 12 heteroatoms. The van der Waals surface area contributed by atoms with Crippen LogP contribution in [0, 0.1) is 30.7 Å². The summed E-state index contributed by atoms with van der Waals surface area (Å²) in [6.07, 6.45) is 6.57. The molecule has 0 radical (unpaired) electrons. The summed E-state index contributed by atoms with van der Waals surface area (Å²) in [6.45, 7) is 0. The number of hydrogen-bond donors (Lipinski definition) is 5. The molecule has 0 saturated carbocycles. The largest absolute Gasteiger partial charge is 0.508 e. The van der Waals surface area contributed by atoms with E-state index in [0.29, 0.717) is 0 Å². The van der Waals surface area contributed by atoms with E-state index in [1.807, 2.05) is 18.2 Å². The Morgan fingerprint density at radius 2 is 1.00 bits per heavy atom. The number of aromatic hydroxyl groups is 1. The minimum absolute atomic E-state index is 0.259. The summed E-state index contributed by atoms with van der Waals surface area (Å²) in [6, 6.07) is 8.77. The molecule has 0 aliphatic heterocycles. The molecule has 11 nitrogen and oxygen atoms in total. The number of nitrogens with zero attached hydrogens (tertiary/aromatic N) is 2. The van der Waals surface area contributed by atoms with Gasteiger partial charge in [0.05, 0.1) is 0 Å². The van der Waals surface area contributed by atoms with Gasteiger partial charge in [0.1, 0.15) is 5.75 Å². The Bertz CT molecular complexity index is 652. The van der Waals surface area contributed by atoms with Gasteiger partial charge < -0.3 is 5.11 Å². The van der Waals surface area contributed by atoms with Gasteiger partial charge in [-0.15, -0.1) is 0 Å². The van der Waals surface area contributed by atoms with Gasteiger partial charge in [0.2, 0.25) is 0 Å². The summed E-state index contributed by atoms with van der Waals surface area (Å²) in [7, 11) is 0. The summed E-state index contributed by atoms with van der Waals surface area (Å²) in [4.78, 5) is 48.6. The van der Waals surface area contributed by atoms with E-state index in [0.717, 1.165) is 0 Å². The topological polar surface area (TPSA) is 195 Å². The first-order chi connectivity index (χ1) is 12.2. The Balaban J connectivity index is 0.000000398. The van der Waals surface area contributed by atoms with Crippen LogP contribution in [-0.4, -0.2) is 43.3 Å². The van der Waals surface area contributed by atoms with E-state index in [1.54, 1.807) is 12.4 Å². The monoisotopic (exact) mass is 513 g/mol. The zero-order valence-corrected chi connectivity index (χ0v) is 14.9. The van der Waals surface area contributed by atoms with Gasteiger partial charge in [-0.2, -0.15) is 0 Å². The van der Waals surface area contributed by atoms with Crippen LogP contribution in [0.25, 0.3) is 0 Å². The summed E-state index contributed by atoms with van der Waals surface area (Å²) >= 11 is -6.00. The standard InChI is InChI=1S/C5H5NO.C5H5N.4CHO2.Tb/c7-5-1-3-6-4-2-5;1-2-4-6-5-3-1;4*2-1-3;/h1-4H,(H,6,7);1-5H;4*(H,2,3);. The molecule has 0 atom stereocenters. The van der Waals surface area contributed by atoms with Crippen molar-refractivity contribution in [2.75, 3.05) is 0 Å². The molecule has 0 unspecified atom stereocenters. The van der Waals surface area contributed by atoms with Gasteiger partial charge in [0.15, 0.2) is 0 Å². The van der Waals surface area contributed by atoms with Crippen LogP contribution in [0.2, 0.25) is 0 Å². The molecule has 2 heterocycles. The van der Waals surface area contributed by atoms with E-state index in [-0.39, 0.29) is 5.75 Å². The zero-order chi connectivity index (χ0) is 20.2. The van der Waals surface area contributed by atoms with Crippen molar-refractivity contribution in [2.45, 2.75) is 0 Å². The molecule has 0 fully saturated rings. The van der Waals surface area contributed by atoms with E-state index in [2.05, 4.69) is 9.97 Å². The Morgan fingerprint density at radius 1 is 0.654 bits per heavy atom. The van der Waals surface area contributed by atoms with Gasteiger partial charge in [0, 0.05) is 24.8 Å². The minimum Gasteiger partial charge on any atom is -0.508 e. The minimum atomic E-state index is -6.00. The molecule has 0 aromatic carbocycles. The predicted molar refractivity (Wildman–Crippen MR) is 82.2 cm³/mol. The first kappa shape index (κ1) is 23.3. The molecule has 0 aliphatic carbocycles. The van der Waals surface area contributed by atoms with Crippen LogP contribution >= 0.6 is 0 Å². The van der Waals surface area contributed by atoms with Crippen molar-refractivity contribution >= 4 is 7.76 Å². The second kappa shape index (κ2) is 11.8. The molecule has 0 amide bonds. The van der Waals surface area contributed by atoms with Crippen LogP contribution in [0.5, 0.6) is 5.75 Å². The van der Waals surface area contributed by atoms with E-state index >= 15 is 0 Å². The molecule has 2 rings (SSSR count). The second-order valence-electron chi connectivity index (χ2n) is 3.67. The number of aromatic nitrogens is 2. The summed E-state index contributed by atoms with van der Waals surface area (Å²) in [5.41, 5.74) is 0. The molecule has 0 saturated heterocycles. The van der Waals surface area contributed by atoms with Crippen molar-refractivity contribution in [1.29, 1.82) is 0 Å². The SMILES string of the molecule is O=[C](O)[Tb]([C](=O)O)([C](=O)O)[C](=O)O.Oc1ccncc1.c1ccncc1. The maximum atomic E-state index is 10.3. The fraction of sp³-hybridized carbons (Fsp3) is 0. The number of rotatable bonds is 4. The first-order valence-corrected chi connectivity index (χ1v) is 10.5. The number of hydrogen-bond acceptors (Lipinski definition) is 7. The Labute approximate surface area is 153 Å². The fourth-order valence-electron chi connectivity index (χ4n) is 1.02. The van der Waals surface area contributed by atoms with Crippen LogP contribution in [0.3, 0.4) is 0 Å². The van der Waals surface area contributed by atoms with Crippen molar-refractivity contribution in [1.82, 2.24) is 9.97 Å².